The number of imidazole rings is 2. The minimum absolute atomic E-state index is 0.140. The summed E-state index contributed by atoms with van der Waals surface area (Å²) in [6, 6.07) is 7.91. The van der Waals surface area contributed by atoms with Crippen LogP contribution in [0.15, 0.2) is 60.8 Å². The second-order valence-electron chi connectivity index (χ2n) is 24.0. The molecule has 0 saturated carbocycles. The lowest BCUT2D eigenvalue weighted by Crippen LogP contribution is -2.47. The van der Waals surface area contributed by atoms with Crippen LogP contribution in [0.4, 0.5) is 11.9 Å². The minimum atomic E-state index is -0.680. The number of primary amides is 2. The molecular formula is C70H100N16O19. The van der Waals surface area contributed by atoms with Gasteiger partial charge in [0.05, 0.1) is 174 Å². The molecule has 2 aliphatic rings. The number of carbonyl (C=O) groups excluding carboxylic acids is 7. The minimum Gasteiger partial charge on any atom is -0.494 e. The van der Waals surface area contributed by atoms with Crippen LogP contribution in [0.25, 0.3) is 22.1 Å². The van der Waals surface area contributed by atoms with E-state index in [9.17, 15) is 33.6 Å². The highest BCUT2D eigenvalue weighted by Crippen LogP contribution is 2.33. The maximum absolute atomic E-state index is 14.0. The molecule has 2 aromatic carbocycles. The number of aryl methyl sites for hydroxylation is 4. The Kier molecular flexibility index (Phi) is 34.2. The molecule has 0 atom stereocenters. The van der Waals surface area contributed by atoms with Crippen molar-refractivity contribution in [3.63, 3.8) is 0 Å². The lowest BCUT2D eigenvalue weighted by molar-refractivity contribution is -0.141. The summed E-state index contributed by atoms with van der Waals surface area (Å²) in [4.78, 5) is 103. The van der Waals surface area contributed by atoms with Gasteiger partial charge in [0, 0.05) is 102 Å². The molecule has 35 nitrogen and oxygen atoms in total. The van der Waals surface area contributed by atoms with Gasteiger partial charge >= 0.3 is 0 Å². The van der Waals surface area contributed by atoms with Crippen LogP contribution in [0.1, 0.15) is 73.2 Å². The molecule has 6 aromatic rings. The summed E-state index contributed by atoms with van der Waals surface area (Å²) in [5, 5.41) is 17.4. The standard InChI is InChI=1S/C70H100N16O19/c1-6-54-53(48-80(4)79-54)67(92)76-69-74-55-44-51(65(71)90)46-58(94-5)63(55)83(69)15-8-9-16-84-64-56(75-70(84)77-68(93)57-43-50(3)78-86(57)7-2)45-52(66(72)91)47-59(64)105-22-10-14-81-17-19-82(20-18-81)21-24-96-26-28-98-30-32-100-34-36-102-38-40-104-42-41-103-39-37-101-35-33-99-31-29-97-27-25-95-23-13-73-60(87)49-85-61(88)11-12-62(85)89/h8-9,11-12,43-48H,6-7,10,13-42,49H2,1-5H3,(H2,71,90)(H2,72,91)(H,73,87)(H,74,76,92)(H,75,77,93)/b9-8+. The zero-order valence-electron chi connectivity index (χ0n) is 60.6. The summed E-state index contributed by atoms with van der Waals surface area (Å²) in [5.74, 6) is -2.68. The number of anilines is 2. The van der Waals surface area contributed by atoms with Gasteiger partial charge in [-0.05, 0) is 57.0 Å². The largest absolute Gasteiger partial charge is 0.494 e. The van der Waals surface area contributed by atoms with Gasteiger partial charge in [-0.1, -0.05) is 19.1 Å². The predicted molar refractivity (Wildman–Crippen MR) is 383 cm³/mol. The number of nitrogens with one attached hydrogen (secondary N) is 3. The van der Waals surface area contributed by atoms with Crippen molar-refractivity contribution in [2.45, 2.75) is 53.2 Å². The number of amides is 7. The van der Waals surface area contributed by atoms with Crippen LogP contribution in [-0.4, -0.2) is 293 Å². The topological polar surface area (TPSA) is 399 Å². The summed E-state index contributed by atoms with van der Waals surface area (Å²) in [7, 11) is 3.20. The predicted octanol–water partition coefficient (Wildman–Crippen LogP) is 1.77. The molecule has 1 saturated heterocycles. The van der Waals surface area contributed by atoms with E-state index in [1.165, 1.54) is 19.2 Å². The fraction of sp³-hybridized carbons (Fsp3) is 0.557. The number of hydrogen-bond acceptors (Lipinski definition) is 25. The number of imide groups is 1. The van der Waals surface area contributed by atoms with Crippen LogP contribution in [0.5, 0.6) is 11.5 Å². The number of hydrogen-bond donors (Lipinski definition) is 5. The van der Waals surface area contributed by atoms with Gasteiger partial charge in [-0.15, -0.1) is 0 Å². The smallest absolute Gasteiger partial charge is 0.276 e. The van der Waals surface area contributed by atoms with Crippen LogP contribution in [0.3, 0.4) is 0 Å². The lowest BCUT2D eigenvalue weighted by Gasteiger charge is -2.34. The van der Waals surface area contributed by atoms with Crippen molar-refractivity contribution in [3.8, 4) is 11.5 Å². The van der Waals surface area contributed by atoms with E-state index in [4.69, 9.17) is 78.3 Å². The van der Waals surface area contributed by atoms with Crippen molar-refractivity contribution in [2.75, 3.05) is 209 Å². The van der Waals surface area contributed by atoms with E-state index in [-0.39, 0.29) is 55.8 Å². The Morgan fingerprint density at radius 1 is 0.552 bits per heavy atom. The Morgan fingerprint density at radius 2 is 1.00 bits per heavy atom. The number of nitrogens with zero attached hydrogens (tertiary/aromatic N) is 11. The number of fused-ring (bicyclic) bond motifs is 2. The SMILES string of the molecule is CCc1nn(C)cc1C(=O)Nc1nc2cc(C(N)=O)cc(OC)c2n1C/C=C/Cn1c(NC(=O)c2cc(C)nn2CC)nc2cc(C(N)=O)cc(OCCCN3CCN(CCOCCOCCOCCOCCOCCOCCOCCOCCOCCOCCNC(=O)CN4C(=O)C=CC4=O)CC3)c21. The Hall–Kier alpha value is -9.11. The molecule has 0 aliphatic carbocycles. The van der Waals surface area contributed by atoms with Gasteiger partial charge < -0.3 is 87.7 Å². The molecule has 4 aromatic heterocycles. The van der Waals surface area contributed by atoms with Crippen molar-refractivity contribution < 1.29 is 90.4 Å². The molecule has 574 valence electrons. The highest BCUT2D eigenvalue weighted by Gasteiger charge is 2.27. The molecule has 0 radical (unpaired) electrons. The number of rotatable bonds is 53. The van der Waals surface area contributed by atoms with Gasteiger partial charge in [-0.3, -0.25) is 63.4 Å². The van der Waals surface area contributed by atoms with Gasteiger partial charge in [0.1, 0.15) is 34.8 Å². The number of benzene rings is 2. The first kappa shape index (κ1) is 81.6. The molecule has 8 rings (SSSR count). The Bertz CT molecular complexity index is 3840. The first-order chi connectivity index (χ1) is 51.0. The van der Waals surface area contributed by atoms with E-state index in [1.54, 1.807) is 56.9 Å². The van der Waals surface area contributed by atoms with Crippen molar-refractivity contribution in [1.82, 2.24) is 58.7 Å². The molecule has 7 N–H and O–H groups in total. The van der Waals surface area contributed by atoms with E-state index in [0.717, 1.165) is 56.3 Å². The van der Waals surface area contributed by atoms with Crippen molar-refractivity contribution in [2.24, 2.45) is 18.5 Å². The zero-order valence-corrected chi connectivity index (χ0v) is 60.6. The normalized spacial score (nSPS) is 13.6. The first-order valence-corrected chi connectivity index (χ1v) is 35.3. The van der Waals surface area contributed by atoms with Gasteiger partial charge in [0.25, 0.3) is 23.6 Å². The quantitative estimate of drug-likeness (QED) is 0.0206. The molecule has 0 unspecified atom stereocenters. The molecule has 1 fully saturated rings. The van der Waals surface area contributed by atoms with E-state index in [0.29, 0.717) is 208 Å². The van der Waals surface area contributed by atoms with Gasteiger partial charge in [-0.25, -0.2) is 9.97 Å². The van der Waals surface area contributed by atoms with Crippen LogP contribution < -0.4 is 36.9 Å². The zero-order chi connectivity index (χ0) is 74.7. The van der Waals surface area contributed by atoms with E-state index < -0.39 is 41.4 Å². The fourth-order valence-corrected chi connectivity index (χ4v) is 11.2. The number of allylic oxidation sites excluding steroid dienone is 2. The molecule has 105 heavy (non-hydrogen) atoms. The third-order valence-electron chi connectivity index (χ3n) is 16.5. The molecule has 2 aliphatic heterocycles. The van der Waals surface area contributed by atoms with Crippen LogP contribution in [0.2, 0.25) is 0 Å². The molecular weight excluding hydrogens is 1370 g/mol. The Morgan fingerprint density at radius 3 is 1.47 bits per heavy atom. The van der Waals surface area contributed by atoms with E-state index in [2.05, 4.69) is 35.9 Å². The Balaban J connectivity index is 0.664. The summed E-state index contributed by atoms with van der Waals surface area (Å²) in [6.07, 6.45) is 8.81. The van der Waals surface area contributed by atoms with Crippen LogP contribution in [-0.2, 0) is 94.9 Å². The summed E-state index contributed by atoms with van der Waals surface area (Å²) >= 11 is 0. The summed E-state index contributed by atoms with van der Waals surface area (Å²) in [5.41, 5.74) is 15.6. The average molecular weight is 1470 g/mol. The van der Waals surface area contributed by atoms with Crippen molar-refractivity contribution in [1.29, 1.82) is 0 Å². The number of piperazine rings is 1. The average Bonchev–Trinajstić information content (AvgIpc) is 1.63. The number of ether oxygens (including phenoxy) is 12. The maximum atomic E-state index is 14.0. The summed E-state index contributed by atoms with van der Waals surface area (Å²) < 4.78 is 74.7. The molecule has 0 spiro atoms. The maximum Gasteiger partial charge on any atom is 0.276 e. The van der Waals surface area contributed by atoms with Gasteiger partial charge in [-0.2, -0.15) is 10.2 Å². The Labute approximate surface area is 608 Å². The number of methoxy groups -OCH3 is 1. The summed E-state index contributed by atoms with van der Waals surface area (Å²) in [6.45, 7) is 20.3. The van der Waals surface area contributed by atoms with Crippen molar-refractivity contribution >= 4 is 75.3 Å². The highest BCUT2D eigenvalue weighted by atomic mass is 16.6. The van der Waals surface area contributed by atoms with Crippen molar-refractivity contribution in [3.05, 3.63) is 94.6 Å². The van der Waals surface area contributed by atoms with E-state index >= 15 is 0 Å². The third-order valence-corrected chi connectivity index (χ3v) is 16.5. The van der Waals surface area contributed by atoms with E-state index in [1.807, 2.05) is 26.0 Å². The monoisotopic (exact) mass is 1470 g/mol. The second-order valence-corrected chi connectivity index (χ2v) is 24.0. The van der Waals surface area contributed by atoms with Crippen LogP contribution in [0, 0.1) is 6.92 Å². The first-order valence-electron chi connectivity index (χ1n) is 35.3. The number of aromatic nitrogens is 8. The fourth-order valence-electron chi connectivity index (χ4n) is 11.2. The van der Waals surface area contributed by atoms with Crippen LogP contribution >= 0.6 is 0 Å². The molecule has 6 heterocycles. The molecule has 35 heteroatoms. The molecule has 0 bridgehead atoms. The number of nitrogens with two attached hydrogens (primary N) is 2. The highest BCUT2D eigenvalue weighted by molar-refractivity contribution is 6.14. The number of carbonyl (C=O) groups is 7. The second kappa shape index (κ2) is 44.0. The third kappa shape index (κ3) is 25.9. The van der Waals surface area contributed by atoms with Gasteiger partial charge in [0.15, 0.2) is 0 Å². The molecule has 7 amide bonds. The van der Waals surface area contributed by atoms with Gasteiger partial charge in [0.2, 0.25) is 29.6 Å². The lowest BCUT2D eigenvalue weighted by atomic mass is 10.1.